The van der Waals surface area contributed by atoms with E-state index in [2.05, 4.69) is 4.74 Å². The lowest BCUT2D eigenvalue weighted by Gasteiger charge is -2.13. The van der Waals surface area contributed by atoms with Crippen molar-refractivity contribution in [1.82, 2.24) is 0 Å². The smallest absolute Gasteiger partial charge is 0.504 e. The molecule has 0 saturated carbocycles. The van der Waals surface area contributed by atoms with Crippen molar-refractivity contribution >= 4 is 6.16 Å². The van der Waals surface area contributed by atoms with Gasteiger partial charge in [0.2, 0.25) is 0 Å². The van der Waals surface area contributed by atoms with Gasteiger partial charge in [-0.15, -0.1) is 0 Å². The first-order valence-electron chi connectivity index (χ1n) is 5.20. The molecule has 0 unspecified atom stereocenters. The number of hydrogen-bond donors (Lipinski definition) is 2. The Hall–Kier alpha value is -1.71. The zero-order valence-electron chi connectivity index (χ0n) is 9.70. The highest BCUT2D eigenvalue weighted by molar-refractivity contribution is 5.66. The monoisotopic (exact) mass is 224 g/mol. The lowest BCUT2D eigenvalue weighted by Crippen LogP contribution is -2.06. The third kappa shape index (κ3) is 2.45. The number of aromatic hydroxyl groups is 1. The predicted molar refractivity (Wildman–Crippen MR) is 60.2 cm³/mol. The van der Waals surface area contributed by atoms with Gasteiger partial charge in [-0.05, 0) is 37.0 Å². The fourth-order valence-electron chi connectivity index (χ4n) is 1.60. The minimum Gasteiger partial charge on any atom is -0.504 e. The summed E-state index contributed by atoms with van der Waals surface area (Å²) in [6.07, 6.45) is 0.130. The molecular weight excluding hydrogens is 208 g/mol. The summed E-state index contributed by atoms with van der Waals surface area (Å²) >= 11 is 0. The molecule has 0 saturated heterocycles. The van der Waals surface area contributed by atoms with Crippen molar-refractivity contribution in [3.63, 3.8) is 0 Å². The minimum absolute atomic E-state index is 0.0671. The second kappa shape index (κ2) is 4.88. The van der Waals surface area contributed by atoms with E-state index in [9.17, 15) is 9.90 Å². The molecule has 0 atom stereocenters. The number of carboxylic acid groups (broad SMARTS) is 1. The van der Waals surface area contributed by atoms with Crippen LogP contribution in [0.15, 0.2) is 6.07 Å². The Morgan fingerprint density at radius 3 is 2.56 bits per heavy atom. The van der Waals surface area contributed by atoms with Crippen LogP contribution in [0, 0.1) is 13.8 Å². The maximum atomic E-state index is 10.5. The summed E-state index contributed by atoms with van der Waals surface area (Å²) in [7, 11) is 0. The highest BCUT2D eigenvalue weighted by atomic mass is 16.7. The Kier molecular flexibility index (Phi) is 3.77. The fraction of sp³-hybridized carbons (Fsp3) is 0.417. The van der Waals surface area contributed by atoms with E-state index in [4.69, 9.17) is 5.11 Å². The van der Waals surface area contributed by atoms with E-state index in [0.29, 0.717) is 12.0 Å². The van der Waals surface area contributed by atoms with Crippen molar-refractivity contribution in [2.45, 2.75) is 33.6 Å². The summed E-state index contributed by atoms with van der Waals surface area (Å²) < 4.78 is 4.63. The second-order valence-electron chi connectivity index (χ2n) is 3.77. The summed E-state index contributed by atoms with van der Waals surface area (Å²) in [6.45, 7) is 5.59. The topological polar surface area (TPSA) is 66.8 Å². The van der Waals surface area contributed by atoms with Gasteiger partial charge in [0.1, 0.15) is 0 Å². The third-order valence-corrected chi connectivity index (χ3v) is 2.55. The summed E-state index contributed by atoms with van der Waals surface area (Å²) in [5.41, 5.74) is 2.31. The molecule has 4 nitrogen and oxygen atoms in total. The molecule has 16 heavy (non-hydrogen) atoms. The van der Waals surface area contributed by atoms with Crippen molar-refractivity contribution in [3.8, 4) is 11.5 Å². The number of aryl methyl sites for hydroxylation is 2. The normalized spacial score (nSPS) is 10.2. The van der Waals surface area contributed by atoms with E-state index in [-0.39, 0.29) is 11.5 Å². The van der Waals surface area contributed by atoms with E-state index in [1.807, 2.05) is 19.9 Å². The number of ether oxygens (including phenoxy) is 1. The van der Waals surface area contributed by atoms with Gasteiger partial charge in [0.05, 0.1) is 0 Å². The van der Waals surface area contributed by atoms with Crippen LogP contribution in [0.5, 0.6) is 11.5 Å². The van der Waals surface area contributed by atoms with Gasteiger partial charge in [-0.3, -0.25) is 0 Å². The Labute approximate surface area is 94.5 Å². The molecule has 0 spiro atoms. The molecule has 88 valence electrons. The van der Waals surface area contributed by atoms with Gasteiger partial charge in [-0.1, -0.05) is 19.4 Å². The summed E-state index contributed by atoms with van der Waals surface area (Å²) in [6, 6.07) is 1.86. The molecule has 2 N–H and O–H groups in total. The number of benzene rings is 1. The van der Waals surface area contributed by atoms with Crippen LogP contribution in [0.1, 0.15) is 30.0 Å². The molecule has 0 aliphatic rings. The van der Waals surface area contributed by atoms with Crippen molar-refractivity contribution in [2.75, 3.05) is 0 Å². The molecule has 0 heterocycles. The van der Waals surface area contributed by atoms with Crippen LogP contribution in [0.4, 0.5) is 4.79 Å². The number of phenols is 1. The van der Waals surface area contributed by atoms with Crippen molar-refractivity contribution in [3.05, 3.63) is 22.8 Å². The van der Waals surface area contributed by atoms with Crippen LogP contribution >= 0.6 is 0 Å². The standard InChI is InChI=1S/C12H16O4/c1-4-5-9-6-7(2)8(3)10(13)11(9)16-12(14)15/h6,13H,4-5H2,1-3H3,(H,14,15). The highest BCUT2D eigenvalue weighted by Crippen LogP contribution is 2.36. The number of carbonyl (C=O) groups is 1. The Morgan fingerprint density at radius 1 is 1.44 bits per heavy atom. The molecule has 1 aromatic rings. The lowest BCUT2D eigenvalue weighted by molar-refractivity contribution is 0.142. The lowest BCUT2D eigenvalue weighted by atomic mass is 10.0. The maximum absolute atomic E-state index is 10.5. The molecular formula is C12H16O4. The van der Waals surface area contributed by atoms with Crippen LogP contribution in [0.25, 0.3) is 0 Å². The number of phenolic OH excluding ortho intramolecular Hbond substituents is 1. The van der Waals surface area contributed by atoms with Gasteiger partial charge in [0, 0.05) is 0 Å². The fourth-order valence-corrected chi connectivity index (χ4v) is 1.60. The van der Waals surface area contributed by atoms with Gasteiger partial charge in [0.25, 0.3) is 0 Å². The molecule has 0 radical (unpaired) electrons. The molecule has 4 heteroatoms. The maximum Gasteiger partial charge on any atom is 0.511 e. The summed E-state index contributed by atoms with van der Waals surface area (Å²) in [5, 5.41) is 18.5. The summed E-state index contributed by atoms with van der Waals surface area (Å²) in [5.74, 6) is -0.0108. The van der Waals surface area contributed by atoms with Crippen molar-refractivity contribution in [1.29, 1.82) is 0 Å². The first kappa shape index (κ1) is 12.4. The summed E-state index contributed by atoms with van der Waals surface area (Å²) in [4.78, 5) is 10.5. The SMILES string of the molecule is CCCc1cc(C)c(C)c(O)c1OC(=O)O. The zero-order chi connectivity index (χ0) is 12.3. The molecule has 1 rings (SSSR count). The second-order valence-corrected chi connectivity index (χ2v) is 3.77. The van der Waals surface area contributed by atoms with Crippen LogP contribution in [-0.4, -0.2) is 16.4 Å². The minimum atomic E-state index is -1.41. The van der Waals surface area contributed by atoms with Crippen LogP contribution in [0.3, 0.4) is 0 Å². The van der Waals surface area contributed by atoms with E-state index < -0.39 is 6.16 Å². The molecule has 0 bridgehead atoms. The largest absolute Gasteiger partial charge is 0.511 e. The molecule has 0 fully saturated rings. The van der Waals surface area contributed by atoms with Gasteiger partial charge in [-0.25, -0.2) is 4.79 Å². The molecule has 1 aromatic carbocycles. The first-order valence-corrected chi connectivity index (χ1v) is 5.20. The Balaban J connectivity index is 3.29. The zero-order valence-corrected chi connectivity index (χ0v) is 9.70. The van der Waals surface area contributed by atoms with E-state index in [0.717, 1.165) is 17.5 Å². The van der Waals surface area contributed by atoms with Crippen molar-refractivity contribution < 1.29 is 19.7 Å². The van der Waals surface area contributed by atoms with E-state index in [1.54, 1.807) is 6.92 Å². The average molecular weight is 224 g/mol. The van der Waals surface area contributed by atoms with Crippen LogP contribution < -0.4 is 4.74 Å². The molecule has 0 aliphatic heterocycles. The average Bonchev–Trinajstić information content (AvgIpc) is 2.21. The predicted octanol–water partition coefficient (Wildman–Crippen LogP) is 3.02. The third-order valence-electron chi connectivity index (χ3n) is 2.55. The first-order chi connectivity index (χ1) is 7.47. The van der Waals surface area contributed by atoms with Gasteiger partial charge >= 0.3 is 6.16 Å². The Bertz CT molecular complexity index is 410. The Morgan fingerprint density at radius 2 is 2.06 bits per heavy atom. The van der Waals surface area contributed by atoms with Gasteiger partial charge < -0.3 is 14.9 Å². The van der Waals surface area contributed by atoms with Crippen LogP contribution in [0.2, 0.25) is 0 Å². The van der Waals surface area contributed by atoms with Crippen molar-refractivity contribution in [2.24, 2.45) is 0 Å². The quantitative estimate of drug-likeness (QED) is 0.611. The van der Waals surface area contributed by atoms with E-state index >= 15 is 0 Å². The van der Waals surface area contributed by atoms with E-state index in [1.165, 1.54) is 0 Å². The van der Waals surface area contributed by atoms with Crippen LogP contribution in [-0.2, 0) is 6.42 Å². The van der Waals surface area contributed by atoms with Gasteiger partial charge in [0.15, 0.2) is 11.5 Å². The molecule has 0 aromatic heterocycles. The number of hydrogen-bond acceptors (Lipinski definition) is 3. The highest BCUT2D eigenvalue weighted by Gasteiger charge is 2.16. The molecule has 0 amide bonds. The molecule has 0 aliphatic carbocycles. The number of rotatable bonds is 3. The van der Waals surface area contributed by atoms with Gasteiger partial charge in [-0.2, -0.15) is 0 Å².